The zero-order chi connectivity index (χ0) is 20.5. The number of rotatable bonds is 4. The predicted octanol–water partition coefficient (Wildman–Crippen LogP) is 3.37. The van der Waals surface area contributed by atoms with Crippen molar-refractivity contribution < 1.29 is 36.2 Å². The first-order chi connectivity index (χ1) is 12.5. The molecule has 1 aromatic heterocycles. The highest BCUT2D eigenvalue weighted by Crippen LogP contribution is 2.31. The van der Waals surface area contributed by atoms with Gasteiger partial charge in [0.05, 0.1) is 30.0 Å². The van der Waals surface area contributed by atoms with Gasteiger partial charge in [-0.3, -0.25) is 4.79 Å². The lowest BCUT2D eigenvalue weighted by molar-refractivity contribution is -0.144. The summed E-state index contributed by atoms with van der Waals surface area (Å²) >= 11 is 5.75. The van der Waals surface area contributed by atoms with Gasteiger partial charge in [0.15, 0.2) is 5.69 Å². The highest BCUT2D eigenvalue weighted by molar-refractivity contribution is 6.33. The third kappa shape index (κ3) is 3.87. The topological polar surface area (TPSA) is 70.4 Å². The van der Waals surface area contributed by atoms with Gasteiger partial charge in [0.25, 0.3) is 5.56 Å². The maximum absolute atomic E-state index is 14.3. The third-order valence-electron chi connectivity index (χ3n) is 3.22. The Morgan fingerprint density at radius 1 is 1.30 bits per heavy atom. The van der Waals surface area contributed by atoms with Gasteiger partial charge in [0, 0.05) is 0 Å². The van der Waals surface area contributed by atoms with E-state index in [1.165, 1.54) is 6.92 Å². The quantitative estimate of drug-likeness (QED) is 0.569. The molecular formula is C15H10ClF5N2O4. The van der Waals surface area contributed by atoms with Crippen LogP contribution in [0.1, 0.15) is 23.0 Å². The minimum atomic E-state index is -5.29. The monoisotopic (exact) mass is 412 g/mol. The number of carbonyl (C=O) groups is 1. The molecule has 2 aromatic rings. The summed E-state index contributed by atoms with van der Waals surface area (Å²) in [6, 6.07) is 0.281. The van der Waals surface area contributed by atoms with Crippen molar-refractivity contribution >= 4 is 17.6 Å². The number of halogens is 6. The number of methoxy groups -OCH3 is 1. The van der Waals surface area contributed by atoms with Gasteiger partial charge < -0.3 is 9.47 Å². The fraction of sp³-hybridized carbons (Fsp3) is 0.267. The Balaban J connectivity index is 2.82. The summed E-state index contributed by atoms with van der Waals surface area (Å²) in [5.41, 5.74) is -5.21. The summed E-state index contributed by atoms with van der Waals surface area (Å²) in [6.07, 6.45) is -5.29. The van der Waals surface area contributed by atoms with E-state index in [4.69, 9.17) is 16.3 Å². The number of alkyl halides is 3. The van der Waals surface area contributed by atoms with Crippen LogP contribution in [0, 0.1) is 11.6 Å². The number of hydrogen-bond acceptors (Lipinski definition) is 5. The van der Waals surface area contributed by atoms with E-state index in [-0.39, 0.29) is 16.2 Å². The van der Waals surface area contributed by atoms with Gasteiger partial charge in [-0.2, -0.15) is 22.5 Å². The Labute approximate surface area is 153 Å². The van der Waals surface area contributed by atoms with E-state index >= 15 is 0 Å². The standard InChI is InChI=1S/C15H10ClF5N2O4/c1-3-27-13(25)6-4-9(8(17)5-7(6)16)23-12(24)10(18)11(15(19,20)21)22-14(23)26-2/h4-5H,3H2,1-2H3. The Kier molecular flexibility index (Phi) is 5.73. The van der Waals surface area contributed by atoms with E-state index in [1.807, 2.05) is 0 Å². The van der Waals surface area contributed by atoms with E-state index in [2.05, 4.69) is 9.72 Å². The maximum Gasteiger partial charge on any atom is 0.436 e. The SMILES string of the molecule is CCOC(=O)c1cc(-n2c(OC)nc(C(F)(F)F)c(F)c2=O)c(F)cc1Cl. The number of benzene rings is 1. The first-order valence-electron chi connectivity index (χ1n) is 7.13. The Hall–Kier alpha value is -2.69. The van der Waals surface area contributed by atoms with Gasteiger partial charge in [-0.1, -0.05) is 11.6 Å². The van der Waals surface area contributed by atoms with Gasteiger partial charge in [0.2, 0.25) is 5.82 Å². The summed E-state index contributed by atoms with van der Waals surface area (Å²) in [6.45, 7) is 1.43. The second kappa shape index (κ2) is 7.51. The molecule has 6 nitrogen and oxygen atoms in total. The lowest BCUT2D eigenvalue weighted by atomic mass is 10.2. The molecule has 0 atom stereocenters. The van der Waals surface area contributed by atoms with Crippen molar-refractivity contribution in [2.24, 2.45) is 0 Å². The number of esters is 1. The van der Waals surface area contributed by atoms with Crippen molar-refractivity contribution in [3.8, 4) is 11.7 Å². The lowest BCUT2D eigenvalue weighted by Crippen LogP contribution is -2.30. The van der Waals surface area contributed by atoms with Crippen LogP contribution in [0.5, 0.6) is 6.01 Å². The Morgan fingerprint density at radius 3 is 2.44 bits per heavy atom. The van der Waals surface area contributed by atoms with Crippen LogP contribution < -0.4 is 10.3 Å². The summed E-state index contributed by atoms with van der Waals surface area (Å²) in [7, 11) is 0.844. The first kappa shape index (κ1) is 20.6. The highest BCUT2D eigenvalue weighted by Gasteiger charge is 2.39. The molecule has 0 aliphatic rings. The summed E-state index contributed by atoms with van der Waals surface area (Å²) < 4.78 is 76.1. The molecule has 0 saturated carbocycles. The lowest BCUT2D eigenvalue weighted by Gasteiger charge is -2.15. The predicted molar refractivity (Wildman–Crippen MR) is 82.3 cm³/mol. The van der Waals surface area contributed by atoms with Crippen LogP contribution in [0.4, 0.5) is 22.0 Å². The molecule has 146 valence electrons. The van der Waals surface area contributed by atoms with Crippen LogP contribution in [0.25, 0.3) is 5.69 Å². The van der Waals surface area contributed by atoms with Crippen LogP contribution in [-0.2, 0) is 10.9 Å². The second-order valence-electron chi connectivity index (χ2n) is 4.90. The molecule has 0 radical (unpaired) electrons. The minimum absolute atomic E-state index is 0.0540. The molecular weight excluding hydrogens is 403 g/mol. The Bertz CT molecular complexity index is 959. The average Bonchev–Trinajstić information content (AvgIpc) is 2.57. The fourth-order valence-corrected chi connectivity index (χ4v) is 2.32. The number of carbonyl (C=O) groups excluding carboxylic acids is 1. The molecule has 0 unspecified atom stereocenters. The van der Waals surface area contributed by atoms with Crippen molar-refractivity contribution in [2.75, 3.05) is 13.7 Å². The van der Waals surface area contributed by atoms with Crippen LogP contribution in [-0.4, -0.2) is 29.2 Å². The highest BCUT2D eigenvalue weighted by atomic mass is 35.5. The zero-order valence-electron chi connectivity index (χ0n) is 13.7. The number of hydrogen-bond donors (Lipinski definition) is 0. The van der Waals surface area contributed by atoms with Crippen molar-refractivity contribution in [2.45, 2.75) is 13.1 Å². The van der Waals surface area contributed by atoms with E-state index < -0.39 is 52.3 Å². The van der Waals surface area contributed by atoms with Gasteiger partial charge in [-0.15, -0.1) is 0 Å². The van der Waals surface area contributed by atoms with Crippen LogP contribution in [0.2, 0.25) is 5.02 Å². The zero-order valence-corrected chi connectivity index (χ0v) is 14.4. The molecule has 2 rings (SSSR count). The molecule has 0 N–H and O–H groups in total. The van der Waals surface area contributed by atoms with E-state index in [0.29, 0.717) is 12.1 Å². The molecule has 1 aromatic carbocycles. The molecule has 0 aliphatic heterocycles. The molecule has 1 heterocycles. The number of nitrogens with zero attached hydrogens (tertiary/aromatic N) is 2. The van der Waals surface area contributed by atoms with Crippen molar-refractivity contribution in [1.82, 2.24) is 9.55 Å². The normalized spacial score (nSPS) is 11.4. The van der Waals surface area contributed by atoms with Crippen LogP contribution in [0.3, 0.4) is 0 Å². The van der Waals surface area contributed by atoms with Gasteiger partial charge in [-0.25, -0.2) is 13.8 Å². The van der Waals surface area contributed by atoms with Crippen molar-refractivity contribution in [3.05, 3.63) is 50.4 Å². The number of ether oxygens (including phenoxy) is 2. The maximum atomic E-state index is 14.3. The van der Waals surface area contributed by atoms with Crippen molar-refractivity contribution in [3.63, 3.8) is 0 Å². The van der Waals surface area contributed by atoms with Gasteiger partial charge >= 0.3 is 18.2 Å². The molecule has 0 amide bonds. The van der Waals surface area contributed by atoms with Gasteiger partial charge in [0.1, 0.15) is 5.82 Å². The first-order valence-corrected chi connectivity index (χ1v) is 7.51. The van der Waals surface area contributed by atoms with Gasteiger partial charge in [-0.05, 0) is 19.1 Å². The van der Waals surface area contributed by atoms with Crippen LogP contribution >= 0.6 is 11.6 Å². The average molecular weight is 413 g/mol. The summed E-state index contributed by atoms with van der Waals surface area (Å²) in [4.78, 5) is 26.9. The summed E-state index contributed by atoms with van der Waals surface area (Å²) in [5, 5.41) is -0.387. The molecule has 0 spiro atoms. The van der Waals surface area contributed by atoms with Crippen molar-refractivity contribution in [1.29, 1.82) is 0 Å². The smallest absolute Gasteiger partial charge is 0.436 e. The Morgan fingerprint density at radius 2 is 1.93 bits per heavy atom. The largest absolute Gasteiger partial charge is 0.468 e. The van der Waals surface area contributed by atoms with E-state index in [9.17, 15) is 31.5 Å². The molecule has 0 aliphatic carbocycles. The second-order valence-corrected chi connectivity index (χ2v) is 5.31. The fourth-order valence-electron chi connectivity index (χ4n) is 2.09. The summed E-state index contributed by atoms with van der Waals surface area (Å²) in [5.74, 6) is -4.50. The van der Waals surface area contributed by atoms with E-state index in [0.717, 1.165) is 7.11 Å². The molecule has 0 saturated heterocycles. The molecule has 0 fully saturated rings. The molecule has 0 bridgehead atoms. The minimum Gasteiger partial charge on any atom is -0.468 e. The number of aromatic nitrogens is 2. The van der Waals surface area contributed by atoms with E-state index in [1.54, 1.807) is 0 Å². The molecule has 12 heteroatoms. The molecule has 27 heavy (non-hydrogen) atoms. The van der Waals surface area contributed by atoms with Crippen LogP contribution in [0.15, 0.2) is 16.9 Å². The third-order valence-corrected chi connectivity index (χ3v) is 3.53.